The van der Waals surface area contributed by atoms with Crippen molar-refractivity contribution in [1.29, 1.82) is 0 Å². The first kappa shape index (κ1) is 58.8. The van der Waals surface area contributed by atoms with Crippen LogP contribution < -0.4 is 5.32 Å². The number of allylic oxidation sites excluding steroid dienone is 9. The Morgan fingerprint density at radius 3 is 1.49 bits per heavy atom. The van der Waals surface area contributed by atoms with Crippen molar-refractivity contribution in [3.63, 3.8) is 0 Å². The van der Waals surface area contributed by atoms with Gasteiger partial charge in [-0.05, 0) is 38.5 Å². The second kappa shape index (κ2) is 37.6. The van der Waals surface area contributed by atoms with Gasteiger partial charge in [0.1, 0.15) is 48.8 Å². The molecule has 14 nitrogen and oxygen atoms in total. The van der Waals surface area contributed by atoms with Crippen LogP contribution in [0.5, 0.6) is 0 Å². The summed E-state index contributed by atoms with van der Waals surface area (Å²) >= 11 is 0. The number of carbonyl (C=O) groups is 1. The Hall–Kier alpha value is -2.31. The highest BCUT2D eigenvalue weighted by Gasteiger charge is 2.51. The smallest absolute Gasteiger partial charge is 0.224 e. The fourth-order valence-electron chi connectivity index (χ4n) is 7.95. The Morgan fingerprint density at radius 1 is 0.554 bits per heavy atom. The molecule has 1 amide bonds. The maximum absolute atomic E-state index is 13.1. The van der Waals surface area contributed by atoms with Gasteiger partial charge in [0.15, 0.2) is 12.6 Å². The molecule has 0 aromatic heterocycles. The molecule has 12 unspecified atom stereocenters. The molecule has 0 aromatic carbocycles. The molecule has 9 N–H and O–H groups in total. The van der Waals surface area contributed by atoms with E-state index in [9.17, 15) is 45.6 Å². The molecule has 0 bridgehead atoms. The third-order valence-electron chi connectivity index (χ3n) is 12.0. The van der Waals surface area contributed by atoms with E-state index in [0.717, 1.165) is 51.4 Å². The predicted octanol–water partition coefficient (Wildman–Crippen LogP) is 6.27. The Bertz CT molecular complexity index is 1320. The lowest BCUT2D eigenvalue weighted by atomic mass is 9.97. The summed E-state index contributed by atoms with van der Waals surface area (Å²) in [5, 5.41) is 86.7. The summed E-state index contributed by atoms with van der Waals surface area (Å²) in [6.07, 6.45) is 28.2. The highest BCUT2D eigenvalue weighted by atomic mass is 16.7. The average Bonchev–Trinajstić information content (AvgIpc) is 3.30. The van der Waals surface area contributed by atoms with Crippen LogP contribution in [-0.2, 0) is 23.7 Å². The maximum atomic E-state index is 13.1. The van der Waals surface area contributed by atoms with Gasteiger partial charge in [-0.3, -0.25) is 4.79 Å². The lowest BCUT2D eigenvalue weighted by Crippen LogP contribution is -2.65. The van der Waals surface area contributed by atoms with Crippen molar-refractivity contribution in [3.8, 4) is 0 Å². The summed E-state index contributed by atoms with van der Waals surface area (Å²) in [4.78, 5) is 13.1. The minimum atomic E-state index is -1.79. The fourth-order valence-corrected chi connectivity index (χ4v) is 7.95. The van der Waals surface area contributed by atoms with Gasteiger partial charge in [0.05, 0.1) is 32.0 Å². The second-order valence-corrected chi connectivity index (χ2v) is 17.6. The molecule has 2 saturated heterocycles. The lowest BCUT2D eigenvalue weighted by molar-refractivity contribution is -0.359. The van der Waals surface area contributed by atoms with Crippen LogP contribution >= 0.6 is 0 Å². The average molecular weight is 924 g/mol. The largest absolute Gasteiger partial charge is 0.394 e. The van der Waals surface area contributed by atoms with Crippen molar-refractivity contribution < 1.29 is 64.6 Å². The first-order valence-corrected chi connectivity index (χ1v) is 25.0. The predicted molar refractivity (Wildman–Crippen MR) is 254 cm³/mol. The normalized spacial score (nSPS) is 27.5. The van der Waals surface area contributed by atoms with Gasteiger partial charge >= 0.3 is 0 Å². The summed E-state index contributed by atoms with van der Waals surface area (Å²) in [5.41, 5.74) is 0. The summed E-state index contributed by atoms with van der Waals surface area (Å²) < 4.78 is 22.7. The van der Waals surface area contributed by atoms with Crippen LogP contribution in [0.25, 0.3) is 0 Å². The Balaban J connectivity index is 1.89. The zero-order valence-electron chi connectivity index (χ0n) is 39.7. The summed E-state index contributed by atoms with van der Waals surface area (Å²) in [6.45, 7) is 2.65. The summed E-state index contributed by atoms with van der Waals surface area (Å²) in [5.74, 6) is -0.336. The number of nitrogens with one attached hydrogen (secondary N) is 1. The van der Waals surface area contributed by atoms with E-state index in [1.807, 2.05) is 12.2 Å². The monoisotopic (exact) mass is 924 g/mol. The van der Waals surface area contributed by atoms with Gasteiger partial charge in [-0.1, -0.05) is 177 Å². The molecule has 0 radical (unpaired) electrons. The van der Waals surface area contributed by atoms with E-state index in [-0.39, 0.29) is 18.9 Å². The molecular formula is C51H89NO13. The van der Waals surface area contributed by atoms with Gasteiger partial charge in [0, 0.05) is 6.42 Å². The molecule has 2 fully saturated rings. The topological polar surface area (TPSA) is 228 Å². The van der Waals surface area contributed by atoms with Crippen LogP contribution in [0.2, 0.25) is 0 Å². The van der Waals surface area contributed by atoms with Crippen LogP contribution in [-0.4, -0.2) is 140 Å². The molecule has 2 rings (SSSR count). The van der Waals surface area contributed by atoms with E-state index >= 15 is 0 Å². The highest BCUT2D eigenvalue weighted by molar-refractivity contribution is 5.77. The molecule has 0 spiro atoms. The van der Waals surface area contributed by atoms with E-state index in [1.54, 1.807) is 6.08 Å². The van der Waals surface area contributed by atoms with E-state index in [1.165, 1.54) is 77.0 Å². The van der Waals surface area contributed by atoms with Crippen LogP contribution in [0.15, 0.2) is 60.8 Å². The van der Waals surface area contributed by atoms with Crippen molar-refractivity contribution in [2.24, 2.45) is 0 Å². The van der Waals surface area contributed by atoms with Crippen LogP contribution in [0.3, 0.4) is 0 Å². The number of aliphatic hydroxyl groups is 8. The van der Waals surface area contributed by atoms with E-state index < -0.39 is 86.8 Å². The maximum Gasteiger partial charge on any atom is 0.224 e. The van der Waals surface area contributed by atoms with Crippen LogP contribution in [0, 0.1) is 0 Å². The zero-order valence-corrected chi connectivity index (χ0v) is 39.7. The minimum Gasteiger partial charge on any atom is -0.394 e. The van der Waals surface area contributed by atoms with Crippen molar-refractivity contribution in [3.05, 3.63) is 60.8 Å². The molecule has 12 atom stereocenters. The molecule has 65 heavy (non-hydrogen) atoms. The van der Waals surface area contributed by atoms with Gasteiger partial charge in [-0.25, -0.2) is 0 Å². The van der Waals surface area contributed by atoms with Gasteiger partial charge in [-0.15, -0.1) is 0 Å². The van der Waals surface area contributed by atoms with Crippen molar-refractivity contribution in [2.75, 3.05) is 19.8 Å². The summed E-state index contributed by atoms with van der Waals surface area (Å²) in [7, 11) is 0. The van der Waals surface area contributed by atoms with Crippen molar-refractivity contribution in [1.82, 2.24) is 5.32 Å². The zero-order chi connectivity index (χ0) is 47.5. The Morgan fingerprint density at radius 2 is 1.00 bits per heavy atom. The van der Waals surface area contributed by atoms with E-state index in [0.29, 0.717) is 12.8 Å². The minimum absolute atomic E-state index is 0.0701. The first-order valence-electron chi connectivity index (χ1n) is 25.0. The molecule has 376 valence electrons. The molecule has 14 heteroatoms. The number of unbranched alkanes of at least 4 members (excludes halogenated alkanes) is 15. The number of hydrogen-bond acceptors (Lipinski definition) is 13. The third-order valence-corrected chi connectivity index (χ3v) is 12.0. The Kier molecular flexibility index (Phi) is 34.1. The van der Waals surface area contributed by atoms with E-state index in [2.05, 4.69) is 61.7 Å². The number of rotatable bonds is 37. The highest BCUT2D eigenvalue weighted by Crippen LogP contribution is 2.30. The third kappa shape index (κ3) is 25.0. The van der Waals surface area contributed by atoms with Gasteiger partial charge < -0.3 is 65.1 Å². The molecule has 2 heterocycles. The Labute approximate surface area is 390 Å². The molecule has 0 aromatic rings. The SMILES string of the molecule is CC/C=C\C/C=C\C/C=C\C/C=C\C/C=C\CC(=O)NC(COC1OC(CO)C(OC2OC(CO)C(O)C(O)C2O)C(O)C1O)C(O)CCCCCCCCCCCCCCCCCC. The second-order valence-electron chi connectivity index (χ2n) is 17.6. The number of hydrogen-bond donors (Lipinski definition) is 9. The van der Waals surface area contributed by atoms with Crippen LogP contribution in [0.1, 0.15) is 162 Å². The van der Waals surface area contributed by atoms with E-state index in [4.69, 9.17) is 18.9 Å². The first-order chi connectivity index (χ1) is 31.6. The summed E-state index contributed by atoms with van der Waals surface area (Å²) in [6, 6.07) is -0.884. The lowest BCUT2D eigenvalue weighted by Gasteiger charge is -2.46. The standard InChI is InChI=1S/C51H89NO13/c1-3-5-7-9-11-13-15-17-19-21-22-24-26-28-30-32-34-40(55)39(52-43(56)35-33-31-29-27-25-23-20-18-16-14-12-10-8-6-4-2)38-62-50-48(61)46(59)49(42(37-54)64-50)65-51-47(60)45(58)44(57)41(36-53)63-51/h6,8,12,14,18,20,25,27,31,33,39-42,44-51,53-55,57-61H,3-5,7,9-11,13,15-17,19,21-24,26,28-30,32,34-38H2,1-2H3,(H,52,56)/b8-6-,14-12-,20-18-,27-25-,33-31-. The number of aliphatic hydroxyl groups excluding tert-OH is 8. The van der Waals surface area contributed by atoms with Crippen LogP contribution in [0.4, 0.5) is 0 Å². The van der Waals surface area contributed by atoms with Gasteiger partial charge in [0.25, 0.3) is 0 Å². The quantitative estimate of drug-likeness (QED) is 0.0248. The number of amides is 1. The molecule has 2 aliphatic heterocycles. The number of carbonyl (C=O) groups excluding carboxylic acids is 1. The molecule has 0 saturated carbocycles. The molecular weight excluding hydrogens is 835 g/mol. The molecule has 2 aliphatic rings. The number of ether oxygens (including phenoxy) is 4. The molecule has 0 aliphatic carbocycles. The van der Waals surface area contributed by atoms with Gasteiger partial charge in [0.2, 0.25) is 5.91 Å². The fraction of sp³-hybridized carbons (Fsp3) is 0.784. The van der Waals surface area contributed by atoms with Crippen molar-refractivity contribution >= 4 is 5.91 Å². The van der Waals surface area contributed by atoms with Gasteiger partial charge in [-0.2, -0.15) is 0 Å². The van der Waals surface area contributed by atoms with Crippen molar-refractivity contribution in [2.45, 2.75) is 235 Å².